The highest BCUT2D eigenvalue weighted by Crippen LogP contribution is 2.19. The minimum absolute atomic E-state index is 0.718. The Morgan fingerprint density at radius 3 is 1.79 bits per heavy atom. The summed E-state index contributed by atoms with van der Waals surface area (Å²) in [5.41, 5.74) is 0. The second-order valence-corrected chi connectivity index (χ2v) is 5.87. The predicted molar refractivity (Wildman–Crippen MR) is 40.4 cm³/mol. The Kier molecular flexibility index (Phi) is 3.93. The zero-order valence-corrected chi connectivity index (χ0v) is 8.54. The molecule has 0 radical (unpaired) electrons. The Morgan fingerprint density at radius 2 is 1.50 bits per heavy atom. The Labute approximate surface area is 79.1 Å². The Morgan fingerprint density at radius 1 is 1.07 bits per heavy atom. The maximum atomic E-state index is 11.6. The summed E-state index contributed by atoms with van der Waals surface area (Å²) in [6.07, 6.45) is -5.03. The highest BCUT2D eigenvalue weighted by Gasteiger charge is 2.38. The average molecular weight is 256 g/mol. The summed E-state index contributed by atoms with van der Waals surface area (Å²) in [4.78, 5) is 0. The molecule has 0 saturated carbocycles. The summed E-state index contributed by atoms with van der Waals surface area (Å²) in [6.45, 7) is 1.04. The first-order valence-electron chi connectivity index (χ1n) is 3.20. The summed E-state index contributed by atoms with van der Waals surface area (Å²) in [7, 11) is -9.56. The van der Waals surface area contributed by atoms with Crippen molar-refractivity contribution in [3.63, 3.8) is 0 Å². The van der Waals surface area contributed by atoms with Gasteiger partial charge in [-0.05, 0) is 6.92 Å². The van der Waals surface area contributed by atoms with Gasteiger partial charge in [0.25, 0.3) is 20.2 Å². The van der Waals surface area contributed by atoms with E-state index in [1.54, 1.807) is 0 Å². The molecule has 86 valence electrons. The number of hydrogen-bond donors (Lipinski definition) is 0. The van der Waals surface area contributed by atoms with E-state index >= 15 is 0 Å². The van der Waals surface area contributed by atoms with Crippen molar-refractivity contribution in [3.05, 3.63) is 0 Å². The maximum Gasteiger partial charge on any atom is 0.405 e. The first kappa shape index (κ1) is 13.7. The Bertz CT molecular complexity index is 378. The summed E-state index contributed by atoms with van der Waals surface area (Å²) in [5.74, 6) is -3.04. The summed E-state index contributed by atoms with van der Waals surface area (Å²) >= 11 is 0. The SMILES string of the molecule is CCS(=O)(=O)OS(=O)(=O)CC(F)(F)F. The van der Waals surface area contributed by atoms with Crippen molar-refractivity contribution in [3.8, 4) is 0 Å². The van der Waals surface area contributed by atoms with Crippen molar-refractivity contribution in [1.82, 2.24) is 0 Å². The summed E-state index contributed by atoms with van der Waals surface area (Å²) < 4.78 is 80.2. The fourth-order valence-electron chi connectivity index (χ4n) is 0.431. The van der Waals surface area contributed by atoms with Crippen molar-refractivity contribution in [2.75, 3.05) is 11.5 Å². The first-order valence-corrected chi connectivity index (χ1v) is 6.36. The molecule has 0 aliphatic heterocycles. The second-order valence-electron chi connectivity index (χ2n) is 2.23. The van der Waals surface area contributed by atoms with Gasteiger partial charge in [-0.2, -0.15) is 30.0 Å². The van der Waals surface area contributed by atoms with Crippen LogP contribution in [0.2, 0.25) is 0 Å². The average Bonchev–Trinajstić information content (AvgIpc) is 1.78. The normalized spacial score (nSPS) is 14.3. The van der Waals surface area contributed by atoms with Crippen LogP contribution < -0.4 is 0 Å². The van der Waals surface area contributed by atoms with E-state index in [0.29, 0.717) is 0 Å². The highest BCUT2D eigenvalue weighted by molar-refractivity contribution is 7.99. The van der Waals surface area contributed by atoms with Crippen LogP contribution in [-0.2, 0) is 23.9 Å². The van der Waals surface area contributed by atoms with Gasteiger partial charge < -0.3 is 0 Å². The Balaban J connectivity index is 4.70. The van der Waals surface area contributed by atoms with Crippen molar-refractivity contribution < 1.29 is 33.6 Å². The van der Waals surface area contributed by atoms with E-state index in [1.165, 1.54) is 0 Å². The number of rotatable bonds is 4. The van der Waals surface area contributed by atoms with Crippen LogP contribution in [0, 0.1) is 0 Å². The number of halogens is 3. The number of alkyl halides is 3. The molecule has 0 aromatic rings. The number of hydrogen-bond acceptors (Lipinski definition) is 5. The molecule has 0 atom stereocenters. The molecule has 0 spiro atoms. The van der Waals surface area contributed by atoms with E-state index in [-0.39, 0.29) is 0 Å². The molecule has 0 aromatic carbocycles. The van der Waals surface area contributed by atoms with Crippen LogP contribution in [-0.4, -0.2) is 34.5 Å². The fourth-order valence-corrected chi connectivity index (χ4v) is 2.67. The standard InChI is InChI=1S/C4H7F3O5S2/c1-2-13(8,9)12-14(10,11)3-4(5,6)7/h2-3H2,1H3. The topological polar surface area (TPSA) is 77.5 Å². The van der Waals surface area contributed by atoms with Crippen LogP contribution in [0.15, 0.2) is 0 Å². The molecule has 0 aromatic heterocycles. The third kappa shape index (κ3) is 6.16. The molecule has 0 heterocycles. The lowest BCUT2D eigenvalue weighted by molar-refractivity contribution is -0.107. The molecule has 10 heteroatoms. The van der Waals surface area contributed by atoms with Gasteiger partial charge in [-0.3, -0.25) is 0 Å². The van der Waals surface area contributed by atoms with E-state index < -0.39 is 37.9 Å². The molecular weight excluding hydrogens is 249 g/mol. The molecule has 0 amide bonds. The molecule has 0 bridgehead atoms. The van der Waals surface area contributed by atoms with Crippen molar-refractivity contribution in [2.24, 2.45) is 0 Å². The van der Waals surface area contributed by atoms with Gasteiger partial charge in [0.05, 0.1) is 5.75 Å². The van der Waals surface area contributed by atoms with E-state index in [9.17, 15) is 30.0 Å². The summed E-state index contributed by atoms with van der Waals surface area (Å²) in [5, 5.41) is 0. The lowest BCUT2D eigenvalue weighted by Gasteiger charge is -2.06. The molecule has 0 fully saturated rings. The minimum atomic E-state index is -5.12. The van der Waals surface area contributed by atoms with Crippen LogP contribution >= 0.6 is 0 Å². The minimum Gasteiger partial charge on any atom is -0.198 e. The third-order valence-electron chi connectivity index (χ3n) is 0.901. The molecular formula is C4H7F3O5S2. The zero-order chi connectivity index (χ0) is 11.6. The van der Waals surface area contributed by atoms with Crippen molar-refractivity contribution in [1.29, 1.82) is 0 Å². The highest BCUT2D eigenvalue weighted by atomic mass is 32.3. The van der Waals surface area contributed by atoms with Crippen LogP contribution in [0.1, 0.15) is 6.92 Å². The maximum absolute atomic E-state index is 11.6. The van der Waals surface area contributed by atoms with Gasteiger partial charge in [0.1, 0.15) is 0 Å². The molecule has 5 nitrogen and oxygen atoms in total. The van der Waals surface area contributed by atoms with Gasteiger partial charge in [0.15, 0.2) is 5.75 Å². The van der Waals surface area contributed by atoms with E-state index in [4.69, 9.17) is 0 Å². The predicted octanol–water partition coefficient (Wildman–Crippen LogP) is 0.245. The lowest BCUT2D eigenvalue weighted by Crippen LogP contribution is -2.27. The van der Waals surface area contributed by atoms with E-state index in [2.05, 4.69) is 3.63 Å². The molecule has 0 aliphatic carbocycles. The molecule has 0 rings (SSSR count). The largest absolute Gasteiger partial charge is 0.405 e. The summed E-state index contributed by atoms with van der Waals surface area (Å²) in [6, 6.07) is 0. The second kappa shape index (κ2) is 4.03. The third-order valence-corrected chi connectivity index (χ3v) is 3.95. The molecule has 14 heavy (non-hydrogen) atoms. The monoisotopic (exact) mass is 256 g/mol. The molecule has 0 unspecified atom stereocenters. The quantitative estimate of drug-likeness (QED) is 0.720. The van der Waals surface area contributed by atoms with Crippen LogP contribution in [0.4, 0.5) is 13.2 Å². The van der Waals surface area contributed by atoms with Crippen LogP contribution in [0.3, 0.4) is 0 Å². The van der Waals surface area contributed by atoms with E-state index in [0.717, 1.165) is 6.92 Å². The zero-order valence-electron chi connectivity index (χ0n) is 6.91. The van der Waals surface area contributed by atoms with Crippen LogP contribution in [0.5, 0.6) is 0 Å². The molecule has 0 saturated heterocycles. The fraction of sp³-hybridized carbons (Fsp3) is 1.00. The van der Waals surface area contributed by atoms with Gasteiger partial charge >= 0.3 is 6.18 Å². The lowest BCUT2D eigenvalue weighted by atomic mass is 10.8. The Hall–Kier alpha value is -0.350. The van der Waals surface area contributed by atoms with E-state index in [1.807, 2.05) is 0 Å². The van der Waals surface area contributed by atoms with Crippen LogP contribution in [0.25, 0.3) is 0 Å². The van der Waals surface area contributed by atoms with Gasteiger partial charge in [-0.15, -0.1) is 3.63 Å². The van der Waals surface area contributed by atoms with Gasteiger partial charge in [-0.25, -0.2) is 0 Å². The smallest absolute Gasteiger partial charge is 0.198 e. The molecule has 0 N–H and O–H groups in total. The van der Waals surface area contributed by atoms with Crippen molar-refractivity contribution >= 4 is 20.2 Å². The van der Waals surface area contributed by atoms with Gasteiger partial charge in [0, 0.05) is 0 Å². The first-order chi connectivity index (χ1) is 5.97. The van der Waals surface area contributed by atoms with Crippen molar-refractivity contribution in [2.45, 2.75) is 13.1 Å². The molecule has 0 aliphatic rings. The van der Waals surface area contributed by atoms with Gasteiger partial charge in [-0.1, -0.05) is 0 Å². The van der Waals surface area contributed by atoms with Gasteiger partial charge in [0.2, 0.25) is 0 Å².